The molecule has 1 aliphatic rings. The first-order chi connectivity index (χ1) is 8.41. The van der Waals surface area contributed by atoms with Crippen LogP contribution in [0.4, 0.5) is 5.69 Å². The summed E-state index contributed by atoms with van der Waals surface area (Å²) in [6, 6.07) is 5.00. The predicted molar refractivity (Wildman–Crippen MR) is 72.7 cm³/mol. The van der Waals surface area contributed by atoms with Gasteiger partial charge in [-0.3, -0.25) is 0 Å². The quantitative estimate of drug-likeness (QED) is 0.657. The fraction of sp³-hybridized carbons (Fsp3) is 0.385. The van der Waals surface area contributed by atoms with Gasteiger partial charge in [0.05, 0.1) is 4.90 Å². The number of anilines is 1. The van der Waals surface area contributed by atoms with Crippen LogP contribution in [0.15, 0.2) is 34.7 Å². The van der Waals surface area contributed by atoms with Crippen LogP contribution >= 0.6 is 0 Å². The van der Waals surface area contributed by atoms with Crippen molar-refractivity contribution in [1.29, 1.82) is 0 Å². The Morgan fingerprint density at radius 2 is 2.00 bits per heavy atom. The normalized spacial score (nSPS) is 17.6. The first kappa shape index (κ1) is 13.1. The van der Waals surface area contributed by atoms with Gasteiger partial charge in [0.25, 0.3) is 0 Å². The molecule has 5 heteroatoms. The second kappa shape index (κ2) is 4.74. The number of rotatable bonds is 2. The minimum absolute atomic E-state index is 0.315. The number of sulfonamides is 1. The molecule has 0 fully saturated rings. The van der Waals surface area contributed by atoms with Crippen molar-refractivity contribution in [1.82, 2.24) is 4.31 Å². The Hall–Kier alpha value is -1.33. The van der Waals surface area contributed by atoms with E-state index in [-0.39, 0.29) is 0 Å². The second-order valence-electron chi connectivity index (χ2n) is 4.69. The predicted octanol–water partition coefficient (Wildman–Crippen LogP) is 1.92. The average molecular weight is 266 g/mol. The molecule has 18 heavy (non-hydrogen) atoms. The van der Waals surface area contributed by atoms with Crippen molar-refractivity contribution in [2.24, 2.45) is 0 Å². The van der Waals surface area contributed by atoms with Crippen LogP contribution in [0.25, 0.3) is 0 Å². The van der Waals surface area contributed by atoms with Crippen LogP contribution in [0.2, 0.25) is 0 Å². The second-order valence-corrected chi connectivity index (χ2v) is 6.59. The van der Waals surface area contributed by atoms with Gasteiger partial charge in [-0.15, -0.1) is 0 Å². The Balaban J connectivity index is 2.40. The summed E-state index contributed by atoms with van der Waals surface area (Å²) >= 11 is 0. The summed E-state index contributed by atoms with van der Waals surface area (Å²) in [6.45, 7) is 4.80. The molecule has 4 nitrogen and oxygen atoms in total. The highest BCUT2D eigenvalue weighted by atomic mass is 32.2. The van der Waals surface area contributed by atoms with Crippen LogP contribution in [0, 0.1) is 6.92 Å². The van der Waals surface area contributed by atoms with E-state index < -0.39 is 10.0 Å². The van der Waals surface area contributed by atoms with Gasteiger partial charge >= 0.3 is 0 Å². The third kappa shape index (κ3) is 2.42. The van der Waals surface area contributed by atoms with Crippen LogP contribution < -0.4 is 5.73 Å². The minimum Gasteiger partial charge on any atom is -0.399 e. The molecule has 0 spiro atoms. The van der Waals surface area contributed by atoms with Crippen molar-refractivity contribution in [3.63, 3.8) is 0 Å². The molecule has 0 atom stereocenters. The number of nitrogens with zero attached hydrogens (tertiary/aromatic N) is 1. The van der Waals surface area contributed by atoms with Gasteiger partial charge in [0, 0.05) is 18.8 Å². The molecular formula is C13H18N2O2S. The molecule has 2 rings (SSSR count). The maximum atomic E-state index is 12.5. The average Bonchev–Trinajstić information content (AvgIpc) is 2.32. The number of hydrogen-bond donors (Lipinski definition) is 1. The van der Waals surface area contributed by atoms with Crippen molar-refractivity contribution in [2.75, 3.05) is 18.8 Å². The standard InChI is InChI=1S/C13H18N2O2S/c1-10-5-7-15(8-6-10)18(16,17)13-9-12(14)4-3-11(13)2/h3-5,9H,6-8,14H2,1-2H3. The van der Waals surface area contributed by atoms with E-state index in [0.717, 1.165) is 12.0 Å². The SMILES string of the molecule is CC1=CCN(S(=O)(=O)c2cc(N)ccc2C)CC1. The number of aryl methyl sites for hydroxylation is 1. The Morgan fingerprint density at radius 3 is 2.61 bits per heavy atom. The molecule has 1 aromatic carbocycles. The lowest BCUT2D eigenvalue weighted by molar-refractivity contribution is 0.431. The molecule has 0 unspecified atom stereocenters. The topological polar surface area (TPSA) is 63.4 Å². The molecule has 0 aromatic heterocycles. The summed E-state index contributed by atoms with van der Waals surface area (Å²) in [5.74, 6) is 0. The Bertz CT molecular complexity index is 591. The molecule has 98 valence electrons. The van der Waals surface area contributed by atoms with E-state index >= 15 is 0 Å². The molecule has 1 aromatic rings. The molecule has 2 N–H and O–H groups in total. The Morgan fingerprint density at radius 1 is 1.28 bits per heavy atom. The maximum Gasteiger partial charge on any atom is 0.243 e. The van der Waals surface area contributed by atoms with Crippen molar-refractivity contribution in [2.45, 2.75) is 25.2 Å². The van der Waals surface area contributed by atoms with Gasteiger partial charge in [-0.25, -0.2) is 8.42 Å². The molecule has 0 saturated heterocycles. The van der Waals surface area contributed by atoms with E-state index in [1.165, 1.54) is 15.9 Å². The Labute approximate surface area is 108 Å². The van der Waals surface area contributed by atoms with Crippen molar-refractivity contribution in [3.05, 3.63) is 35.4 Å². The molecule has 0 amide bonds. The fourth-order valence-corrected chi connectivity index (χ4v) is 3.64. The summed E-state index contributed by atoms with van der Waals surface area (Å²) in [5.41, 5.74) is 8.13. The van der Waals surface area contributed by atoms with E-state index in [2.05, 4.69) is 0 Å². The van der Waals surface area contributed by atoms with Gasteiger partial charge in [-0.05, 0) is 38.0 Å². The van der Waals surface area contributed by atoms with Gasteiger partial charge in [0.2, 0.25) is 10.0 Å². The number of nitrogen functional groups attached to an aromatic ring is 1. The van der Waals surface area contributed by atoms with Crippen LogP contribution in [0.3, 0.4) is 0 Å². The summed E-state index contributed by atoms with van der Waals surface area (Å²) < 4.78 is 26.5. The molecule has 0 radical (unpaired) electrons. The molecular weight excluding hydrogens is 248 g/mol. The third-order valence-corrected chi connectivity index (χ3v) is 5.24. The molecule has 1 aliphatic heterocycles. The molecule has 1 heterocycles. The molecule has 0 aliphatic carbocycles. The number of nitrogens with two attached hydrogens (primary N) is 1. The van der Waals surface area contributed by atoms with Crippen LogP contribution in [0.1, 0.15) is 18.9 Å². The maximum absolute atomic E-state index is 12.5. The highest BCUT2D eigenvalue weighted by Crippen LogP contribution is 2.24. The number of benzene rings is 1. The number of hydrogen-bond acceptors (Lipinski definition) is 3. The first-order valence-corrected chi connectivity index (χ1v) is 7.37. The zero-order chi connectivity index (χ0) is 13.3. The van der Waals surface area contributed by atoms with E-state index in [1.54, 1.807) is 19.1 Å². The lowest BCUT2D eigenvalue weighted by Crippen LogP contribution is -2.35. The lowest BCUT2D eigenvalue weighted by Gasteiger charge is -2.25. The highest BCUT2D eigenvalue weighted by Gasteiger charge is 2.26. The largest absolute Gasteiger partial charge is 0.399 e. The van der Waals surface area contributed by atoms with Crippen molar-refractivity contribution >= 4 is 15.7 Å². The van der Waals surface area contributed by atoms with E-state index in [1.807, 2.05) is 13.0 Å². The lowest BCUT2D eigenvalue weighted by atomic mass is 10.1. The van der Waals surface area contributed by atoms with Crippen molar-refractivity contribution < 1.29 is 8.42 Å². The zero-order valence-corrected chi connectivity index (χ0v) is 11.5. The van der Waals surface area contributed by atoms with E-state index in [9.17, 15) is 8.42 Å². The highest BCUT2D eigenvalue weighted by molar-refractivity contribution is 7.89. The van der Waals surface area contributed by atoms with Crippen molar-refractivity contribution in [3.8, 4) is 0 Å². The van der Waals surface area contributed by atoms with E-state index in [0.29, 0.717) is 23.7 Å². The van der Waals surface area contributed by atoms with Crippen LogP contribution in [-0.4, -0.2) is 25.8 Å². The summed E-state index contributed by atoms with van der Waals surface area (Å²) in [5, 5.41) is 0. The van der Waals surface area contributed by atoms with Gasteiger partial charge in [-0.1, -0.05) is 17.7 Å². The van der Waals surface area contributed by atoms with Crippen LogP contribution in [0.5, 0.6) is 0 Å². The minimum atomic E-state index is -3.43. The zero-order valence-electron chi connectivity index (χ0n) is 10.7. The van der Waals surface area contributed by atoms with Gasteiger partial charge in [0.15, 0.2) is 0 Å². The summed E-state index contributed by atoms with van der Waals surface area (Å²) in [4.78, 5) is 0.315. The molecule has 0 bridgehead atoms. The molecule has 0 saturated carbocycles. The smallest absolute Gasteiger partial charge is 0.243 e. The fourth-order valence-electron chi connectivity index (χ4n) is 2.00. The van der Waals surface area contributed by atoms with Gasteiger partial charge in [0.1, 0.15) is 0 Å². The summed E-state index contributed by atoms with van der Waals surface area (Å²) in [6.07, 6.45) is 2.75. The van der Waals surface area contributed by atoms with Gasteiger partial charge in [-0.2, -0.15) is 4.31 Å². The monoisotopic (exact) mass is 266 g/mol. The van der Waals surface area contributed by atoms with Crippen LogP contribution in [-0.2, 0) is 10.0 Å². The third-order valence-electron chi connectivity index (χ3n) is 3.23. The Kier molecular flexibility index (Phi) is 3.45. The van der Waals surface area contributed by atoms with Gasteiger partial charge < -0.3 is 5.73 Å². The van der Waals surface area contributed by atoms with E-state index in [4.69, 9.17) is 5.73 Å². The summed E-state index contributed by atoms with van der Waals surface area (Å²) in [7, 11) is -3.43. The first-order valence-electron chi connectivity index (χ1n) is 5.93.